The Hall–Kier alpha value is -2.51. The van der Waals surface area contributed by atoms with E-state index in [0.717, 1.165) is 24.0 Å². The smallest absolute Gasteiger partial charge is 0.247 e. The summed E-state index contributed by atoms with van der Waals surface area (Å²) in [4.78, 5) is 10.4. The highest BCUT2D eigenvalue weighted by molar-refractivity contribution is 7.89. The molecule has 1 aliphatic heterocycles. The number of ether oxygens (including phenoxy) is 1. The molecule has 2 heterocycles. The minimum absolute atomic E-state index is 0.116. The minimum atomic E-state index is -3.86. The molecule has 1 fully saturated rings. The minimum Gasteiger partial charge on any atom is -0.487 e. The maximum absolute atomic E-state index is 13.6. The molecule has 0 saturated heterocycles. The van der Waals surface area contributed by atoms with Crippen molar-refractivity contribution in [2.24, 2.45) is 11.8 Å². The molecule has 2 aliphatic rings. The monoisotopic (exact) mass is 512 g/mol. The predicted molar refractivity (Wildman–Crippen MR) is 138 cm³/mol. The molecule has 1 aromatic carbocycles. The van der Waals surface area contributed by atoms with Crippen molar-refractivity contribution in [1.82, 2.24) is 19.2 Å². The van der Waals surface area contributed by atoms with Crippen LogP contribution >= 0.6 is 0 Å². The third kappa shape index (κ3) is 6.24. The molecule has 1 aromatic heterocycles. The molecule has 2 aromatic rings. The van der Waals surface area contributed by atoms with Gasteiger partial charge in [0, 0.05) is 61.0 Å². The second-order valence-corrected chi connectivity index (χ2v) is 12.0. The largest absolute Gasteiger partial charge is 0.487 e. The second kappa shape index (κ2) is 11.7. The molecule has 0 spiro atoms. The summed E-state index contributed by atoms with van der Waals surface area (Å²) in [6.07, 6.45) is 9.47. The van der Waals surface area contributed by atoms with Crippen molar-refractivity contribution in [3.05, 3.63) is 48.0 Å². The normalized spacial score (nSPS) is 23.1. The van der Waals surface area contributed by atoms with Gasteiger partial charge >= 0.3 is 0 Å². The van der Waals surface area contributed by atoms with Crippen LogP contribution in [0.2, 0.25) is 0 Å². The number of aliphatic hydroxyl groups excluding tert-OH is 1. The third-order valence-electron chi connectivity index (χ3n) is 7.00. The van der Waals surface area contributed by atoms with Gasteiger partial charge in [-0.3, -0.25) is 4.90 Å². The van der Waals surface area contributed by atoms with Gasteiger partial charge < -0.3 is 9.84 Å². The average Bonchev–Trinajstić information content (AvgIpc) is 3.39. The fraction of sp³-hybridized carbons (Fsp3) is 0.556. The first kappa shape index (κ1) is 26.6. The molecule has 3 atom stereocenters. The first-order valence-electron chi connectivity index (χ1n) is 12.6. The maximum Gasteiger partial charge on any atom is 0.247 e. The van der Waals surface area contributed by atoms with Crippen LogP contribution < -0.4 is 4.74 Å². The third-order valence-corrected chi connectivity index (χ3v) is 9.02. The van der Waals surface area contributed by atoms with Gasteiger partial charge in [-0.15, -0.1) is 0 Å². The van der Waals surface area contributed by atoms with E-state index >= 15 is 0 Å². The summed E-state index contributed by atoms with van der Waals surface area (Å²) in [6, 6.07) is 4.56. The quantitative estimate of drug-likeness (QED) is 0.595. The highest BCUT2D eigenvalue weighted by Crippen LogP contribution is 2.34. The Labute approximate surface area is 214 Å². The van der Waals surface area contributed by atoms with E-state index in [2.05, 4.69) is 26.7 Å². The summed E-state index contributed by atoms with van der Waals surface area (Å²) in [5.41, 5.74) is 1.74. The Kier molecular flexibility index (Phi) is 8.62. The maximum atomic E-state index is 13.6. The van der Waals surface area contributed by atoms with Crippen molar-refractivity contribution < 1.29 is 18.3 Å². The first-order valence-corrected chi connectivity index (χ1v) is 14.1. The van der Waals surface area contributed by atoms with Gasteiger partial charge in [0.05, 0.1) is 6.61 Å². The second-order valence-electron chi connectivity index (χ2n) is 10.1. The number of hydrogen-bond donors (Lipinski definition) is 1. The van der Waals surface area contributed by atoms with Gasteiger partial charge in [-0.2, -0.15) is 4.31 Å². The number of hydrogen-bond acceptors (Lipinski definition) is 7. The summed E-state index contributed by atoms with van der Waals surface area (Å²) in [5.74, 6) is 7.19. The van der Waals surface area contributed by atoms with E-state index < -0.39 is 16.1 Å². The molecular formula is C27H36N4O4S. The van der Waals surface area contributed by atoms with Crippen LogP contribution in [0.1, 0.15) is 50.7 Å². The highest BCUT2D eigenvalue weighted by atomic mass is 32.2. The van der Waals surface area contributed by atoms with E-state index in [1.165, 1.54) is 23.5 Å². The van der Waals surface area contributed by atoms with E-state index in [1.807, 2.05) is 14.0 Å². The Morgan fingerprint density at radius 1 is 1.25 bits per heavy atom. The Morgan fingerprint density at radius 2 is 1.97 bits per heavy atom. The summed E-state index contributed by atoms with van der Waals surface area (Å²) >= 11 is 0. The number of nitrogens with zero attached hydrogens (tertiary/aromatic N) is 4. The van der Waals surface area contributed by atoms with E-state index in [4.69, 9.17) is 4.74 Å². The molecule has 0 amide bonds. The SMILES string of the molecule is C[C@@H]1CN([C@H](C)CO)S(=O)(=O)c2ccc(C#CC3CCCC3)cc2O[C@@H]1CN(C)Cc1cncnc1. The van der Waals surface area contributed by atoms with Crippen LogP contribution in [0.15, 0.2) is 41.8 Å². The molecule has 0 radical (unpaired) electrons. The van der Waals surface area contributed by atoms with Gasteiger partial charge in [0.15, 0.2) is 0 Å². The zero-order valence-electron chi connectivity index (χ0n) is 21.3. The fourth-order valence-corrected chi connectivity index (χ4v) is 6.70. The van der Waals surface area contributed by atoms with Crippen LogP contribution in [0.4, 0.5) is 0 Å². The lowest BCUT2D eigenvalue weighted by Crippen LogP contribution is -2.49. The molecular weight excluding hydrogens is 476 g/mol. The molecule has 1 saturated carbocycles. The number of rotatable bonds is 6. The van der Waals surface area contributed by atoms with Crippen LogP contribution in [0, 0.1) is 23.7 Å². The van der Waals surface area contributed by atoms with Crippen LogP contribution in [-0.2, 0) is 16.6 Å². The van der Waals surface area contributed by atoms with Crippen LogP contribution in [-0.4, -0.2) is 71.6 Å². The van der Waals surface area contributed by atoms with E-state index in [9.17, 15) is 13.5 Å². The number of aliphatic hydroxyl groups is 1. The van der Waals surface area contributed by atoms with Gasteiger partial charge in [0.1, 0.15) is 23.1 Å². The van der Waals surface area contributed by atoms with Crippen LogP contribution in [0.3, 0.4) is 0 Å². The Balaban J connectivity index is 1.66. The number of aromatic nitrogens is 2. The van der Waals surface area contributed by atoms with Crippen molar-refractivity contribution >= 4 is 10.0 Å². The number of likely N-dealkylation sites (N-methyl/N-ethyl adjacent to an activating group) is 1. The van der Waals surface area contributed by atoms with Gasteiger partial charge in [-0.25, -0.2) is 18.4 Å². The fourth-order valence-electron chi connectivity index (χ4n) is 4.87. The first-order chi connectivity index (χ1) is 17.3. The molecule has 36 heavy (non-hydrogen) atoms. The van der Waals surface area contributed by atoms with E-state index in [1.54, 1.807) is 37.5 Å². The lowest BCUT2D eigenvalue weighted by atomic mass is 10.0. The van der Waals surface area contributed by atoms with Crippen molar-refractivity contribution in [1.29, 1.82) is 0 Å². The molecule has 0 bridgehead atoms. The molecule has 4 rings (SSSR count). The van der Waals surface area contributed by atoms with Gasteiger partial charge in [-0.05, 0) is 45.0 Å². The van der Waals surface area contributed by atoms with Crippen molar-refractivity contribution in [2.45, 2.75) is 63.1 Å². The number of fused-ring (bicyclic) bond motifs is 1. The molecule has 1 N–H and O–H groups in total. The summed E-state index contributed by atoms with van der Waals surface area (Å²) < 4.78 is 35.2. The molecule has 8 nitrogen and oxygen atoms in total. The van der Waals surface area contributed by atoms with E-state index in [-0.39, 0.29) is 30.1 Å². The number of sulfonamides is 1. The Bertz CT molecular complexity index is 1190. The standard InChI is InChI=1S/C27H36N4O4S/c1-20-15-31(21(2)18-32)36(33,34)27-11-10-23(9-8-22-6-4-5-7-22)12-25(27)35-26(20)17-30(3)16-24-13-28-19-29-14-24/h10-14,19-22,26,32H,4-7,15-18H2,1-3H3/t20-,21-,26-/m1/s1. The van der Waals surface area contributed by atoms with Gasteiger partial charge in [0.2, 0.25) is 10.0 Å². The average molecular weight is 513 g/mol. The summed E-state index contributed by atoms with van der Waals surface area (Å²) in [7, 11) is -1.87. The van der Waals surface area contributed by atoms with Crippen LogP contribution in [0.5, 0.6) is 5.75 Å². The molecule has 1 aliphatic carbocycles. The summed E-state index contributed by atoms with van der Waals surface area (Å²) in [6.45, 7) is 4.93. The molecule has 194 valence electrons. The number of benzene rings is 1. The van der Waals surface area contributed by atoms with Crippen molar-refractivity contribution in [3.8, 4) is 17.6 Å². The lowest BCUT2D eigenvalue weighted by molar-refractivity contribution is 0.0733. The zero-order valence-corrected chi connectivity index (χ0v) is 22.1. The lowest BCUT2D eigenvalue weighted by Gasteiger charge is -2.37. The molecule has 0 unspecified atom stereocenters. The van der Waals surface area contributed by atoms with Crippen molar-refractivity contribution in [2.75, 3.05) is 26.7 Å². The highest BCUT2D eigenvalue weighted by Gasteiger charge is 2.38. The zero-order chi connectivity index (χ0) is 25.7. The van der Waals surface area contributed by atoms with Crippen molar-refractivity contribution in [3.63, 3.8) is 0 Å². The topological polar surface area (TPSA) is 95.9 Å². The van der Waals surface area contributed by atoms with Gasteiger partial charge in [0.25, 0.3) is 0 Å². The summed E-state index contributed by atoms with van der Waals surface area (Å²) in [5, 5.41) is 9.83. The van der Waals surface area contributed by atoms with Crippen LogP contribution in [0.25, 0.3) is 0 Å². The predicted octanol–water partition coefficient (Wildman–Crippen LogP) is 2.92. The van der Waals surface area contributed by atoms with E-state index in [0.29, 0.717) is 24.8 Å². The molecule has 9 heteroatoms. The van der Waals surface area contributed by atoms with Gasteiger partial charge in [-0.1, -0.05) is 31.6 Å². The Morgan fingerprint density at radius 3 is 2.67 bits per heavy atom.